The Kier molecular flexibility index (Phi) is 5.16. The van der Waals surface area contributed by atoms with Crippen LogP contribution in [0, 0.1) is 29.1 Å². The van der Waals surface area contributed by atoms with E-state index in [0.29, 0.717) is 13.1 Å². The summed E-state index contributed by atoms with van der Waals surface area (Å²) in [5.74, 6) is -9.39. The molecule has 0 radical (unpaired) electrons. The van der Waals surface area contributed by atoms with Crippen LogP contribution in [-0.2, 0) is 6.54 Å². The molecule has 2 rings (SSSR count). The van der Waals surface area contributed by atoms with Crippen LogP contribution in [0.5, 0.6) is 0 Å². The summed E-state index contributed by atoms with van der Waals surface area (Å²) in [6.45, 7) is 3.32. The third kappa shape index (κ3) is 3.35. The largest absolute Gasteiger partial charge is 0.313 e. The van der Waals surface area contributed by atoms with Crippen molar-refractivity contribution in [3.05, 3.63) is 34.6 Å². The first-order valence-corrected chi connectivity index (χ1v) is 6.91. The fourth-order valence-electron chi connectivity index (χ4n) is 2.54. The number of nitrogens with zero attached hydrogens (tertiary/aromatic N) is 1. The van der Waals surface area contributed by atoms with E-state index in [4.69, 9.17) is 0 Å². The lowest BCUT2D eigenvalue weighted by molar-refractivity contribution is 0.241. The Morgan fingerprint density at radius 3 is 2.05 bits per heavy atom. The molecule has 1 atom stereocenters. The first kappa shape index (κ1) is 16.2. The molecular weight excluding hydrogens is 291 g/mol. The molecule has 1 unspecified atom stereocenters. The zero-order valence-corrected chi connectivity index (χ0v) is 11.7. The van der Waals surface area contributed by atoms with Crippen LogP contribution in [0.25, 0.3) is 0 Å². The number of nitrogens with one attached hydrogen (secondary N) is 1. The third-order valence-corrected chi connectivity index (χ3v) is 3.77. The minimum atomic E-state index is -2.12. The Balaban J connectivity index is 2.20. The van der Waals surface area contributed by atoms with Gasteiger partial charge in [-0.15, -0.1) is 0 Å². The maximum Gasteiger partial charge on any atom is 0.200 e. The van der Waals surface area contributed by atoms with Gasteiger partial charge in [0, 0.05) is 24.7 Å². The van der Waals surface area contributed by atoms with Gasteiger partial charge in [-0.05, 0) is 25.9 Å². The van der Waals surface area contributed by atoms with E-state index in [9.17, 15) is 22.0 Å². The molecule has 1 aromatic rings. The van der Waals surface area contributed by atoms with E-state index in [1.165, 1.54) is 0 Å². The molecule has 1 aromatic carbocycles. The predicted molar refractivity (Wildman–Crippen MR) is 68.2 cm³/mol. The summed E-state index contributed by atoms with van der Waals surface area (Å²) in [5, 5.41) is 3.23. The van der Waals surface area contributed by atoms with Crippen molar-refractivity contribution in [1.29, 1.82) is 0 Å². The van der Waals surface area contributed by atoms with E-state index < -0.39 is 34.6 Å². The van der Waals surface area contributed by atoms with Crippen LogP contribution in [0.2, 0.25) is 0 Å². The topological polar surface area (TPSA) is 15.3 Å². The zero-order valence-electron chi connectivity index (χ0n) is 11.7. The molecule has 1 heterocycles. The number of hydrogen-bond acceptors (Lipinski definition) is 2. The second kappa shape index (κ2) is 6.70. The van der Waals surface area contributed by atoms with Crippen LogP contribution < -0.4 is 5.32 Å². The van der Waals surface area contributed by atoms with Crippen molar-refractivity contribution in [2.45, 2.75) is 32.4 Å². The minimum absolute atomic E-state index is 0.186. The highest BCUT2D eigenvalue weighted by atomic mass is 19.2. The highest BCUT2D eigenvalue weighted by molar-refractivity contribution is 5.24. The molecule has 1 aliphatic rings. The molecule has 1 aliphatic heterocycles. The number of rotatable bonds is 5. The smallest absolute Gasteiger partial charge is 0.200 e. The maximum absolute atomic E-state index is 13.6. The van der Waals surface area contributed by atoms with E-state index in [-0.39, 0.29) is 12.6 Å². The van der Waals surface area contributed by atoms with Gasteiger partial charge in [0.25, 0.3) is 0 Å². The minimum Gasteiger partial charge on any atom is -0.313 e. The van der Waals surface area contributed by atoms with Crippen LogP contribution in [-0.4, -0.2) is 30.6 Å². The van der Waals surface area contributed by atoms with Gasteiger partial charge in [0.2, 0.25) is 5.82 Å². The van der Waals surface area contributed by atoms with Gasteiger partial charge in [-0.2, -0.15) is 0 Å². The monoisotopic (exact) mass is 308 g/mol. The van der Waals surface area contributed by atoms with E-state index in [1.807, 2.05) is 0 Å². The highest BCUT2D eigenvalue weighted by Gasteiger charge is 2.27. The second-order valence-corrected chi connectivity index (χ2v) is 5.17. The van der Waals surface area contributed by atoms with Crippen LogP contribution >= 0.6 is 0 Å². The second-order valence-electron chi connectivity index (χ2n) is 5.17. The molecule has 1 fully saturated rings. The summed E-state index contributed by atoms with van der Waals surface area (Å²) in [5.41, 5.74) is -0.772. The van der Waals surface area contributed by atoms with E-state index in [0.717, 1.165) is 19.4 Å². The summed E-state index contributed by atoms with van der Waals surface area (Å²) < 4.78 is 66.6. The lowest BCUT2D eigenvalue weighted by Crippen LogP contribution is -2.37. The van der Waals surface area contributed by atoms with Crippen molar-refractivity contribution in [1.82, 2.24) is 10.2 Å². The van der Waals surface area contributed by atoms with Crippen molar-refractivity contribution in [3.8, 4) is 0 Å². The van der Waals surface area contributed by atoms with Gasteiger partial charge in [-0.3, -0.25) is 4.90 Å². The Bertz CT molecular complexity index is 486. The summed E-state index contributed by atoms with van der Waals surface area (Å²) in [7, 11) is 0. The molecule has 7 heteroatoms. The lowest BCUT2D eigenvalue weighted by atomic mass is 10.1. The molecule has 118 valence electrons. The first-order chi connectivity index (χ1) is 9.95. The van der Waals surface area contributed by atoms with Gasteiger partial charge in [-0.1, -0.05) is 6.92 Å². The Labute approximate surface area is 119 Å². The normalized spacial score (nSPS) is 18.7. The molecule has 0 saturated carbocycles. The van der Waals surface area contributed by atoms with Crippen LogP contribution in [0.4, 0.5) is 22.0 Å². The van der Waals surface area contributed by atoms with E-state index in [1.54, 1.807) is 11.8 Å². The predicted octanol–water partition coefficient (Wildman–Crippen LogP) is 2.96. The van der Waals surface area contributed by atoms with E-state index >= 15 is 0 Å². The summed E-state index contributed by atoms with van der Waals surface area (Å²) >= 11 is 0. The first-order valence-electron chi connectivity index (χ1n) is 6.91. The number of halogens is 5. The van der Waals surface area contributed by atoms with Gasteiger partial charge >= 0.3 is 0 Å². The number of hydrogen-bond donors (Lipinski definition) is 1. The van der Waals surface area contributed by atoms with Crippen LogP contribution in [0.1, 0.15) is 25.3 Å². The fourth-order valence-corrected chi connectivity index (χ4v) is 2.54. The highest BCUT2D eigenvalue weighted by Crippen LogP contribution is 2.24. The third-order valence-electron chi connectivity index (χ3n) is 3.77. The van der Waals surface area contributed by atoms with Gasteiger partial charge in [0.05, 0.1) is 0 Å². The van der Waals surface area contributed by atoms with Gasteiger partial charge in [-0.25, -0.2) is 22.0 Å². The molecule has 1 saturated heterocycles. The number of benzene rings is 1. The SMILES string of the molecule is CCN(Cc1c(F)c(F)c(F)c(F)c1F)CC1CCCN1. The summed E-state index contributed by atoms with van der Waals surface area (Å²) in [6.07, 6.45) is 1.96. The molecule has 21 heavy (non-hydrogen) atoms. The van der Waals surface area contributed by atoms with Crippen molar-refractivity contribution in [3.63, 3.8) is 0 Å². The maximum atomic E-state index is 13.6. The average molecular weight is 308 g/mol. The summed E-state index contributed by atoms with van der Waals surface area (Å²) in [4.78, 5) is 1.67. The Hall–Kier alpha value is -1.21. The van der Waals surface area contributed by atoms with Gasteiger partial charge in [0.15, 0.2) is 23.3 Å². The van der Waals surface area contributed by atoms with Crippen LogP contribution in [0.15, 0.2) is 0 Å². The molecule has 0 aliphatic carbocycles. The fraction of sp³-hybridized carbons (Fsp3) is 0.571. The lowest BCUT2D eigenvalue weighted by Gasteiger charge is -2.24. The number of likely N-dealkylation sites (N-methyl/N-ethyl adjacent to an activating group) is 1. The van der Waals surface area contributed by atoms with Gasteiger partial charge in [0.1, 0.15) is 0 Å². The standard InChI is InChI=1S/C14H17F5N2/c1-2-21(6-8-4-3-5-20-8)7-9-10(15)12(17)14(19)13(18)11(9)16/h8,20H,2-7H2,1H3. The molecular formula is C14H17F5N2. The van der Waals surface area contributed by atoms with Gasteiger partial charge < -0.3 is 5.32 Å². The zero-order chi connectivity index (χ0) is 15.6. The summed E-state index contributed by atoms with van der Waals surface area (Å²) in [6, 6.07) is 0.186. The molecule has 2 nitrogen and oxygen atoms in total. The van der Waals surface area contributed by atoms with Crippen molar-refractivity contribution >= 4 is 0 Å². The van der Waals surface area contributed by atoms with Crippen molar-refractivity contribution in [2.75, 3.05) is 19.6 Å². The van der Waals surface area contributed by atoms with Crippen molar-refractivity contribution < 1.29 is 22.0 Å². The molecule has 0 spiro atoms. The quantitative estimate of drug-likeness (QED) is 0.511. The molecule has 1 N–H and O–H groups in total. The Morgan fingerprint density at radius 2 is 1.57 bits per heavy atom. The van der Waals surface area contributed by atoms with Crippen molar-refractivity contribution in [2.24, 2.45) is 0 Å². The average Bonchev–Trinajstić information content (AvgIpc) is 2.99. The Morgan fingerprint density at radius 1 is 1.00 bits per heavy atom. The molecule has 0 bridgehead atoms. The van der Waals surface area contributed by atoms with E-state index in [2.05, 4.69) is 5.32 Å². The molecule has 0 amide bonds. The van der Waals surface area contributed by atoms with Crippen LogP contribution in [0.3, 0.4) is 0 Å². The molecule has 0 aromatic heterocycles.